The van der Waals surface area contributed by atoms with Crippen molar-refractivity contribution in [3.05, 3.63) is 101 Å². The molecule has 1 aliphatic carbocycles. The molecule has 1 atom stereocenters. The molecule has 0 radical (unpaired) electrons. The maximum atomic E-state index is 14.8. The second-order valence-corrected chi connectivity index (χ2v) is 9.73. The molecule has 0 saturated heterocycles. The average molecular weight is 590 g/mol. The fourth-order valence-corrected chi connectivity index (χ4v) is 4.72. The van der Waals surface area contributed by atoms with E-state index in [0.717, 1.165) is 24.3 Å². The van der Waals surface area contributed by atoms with Crippen LogP contribution in [0.25, 0.3) is 0 Å². The van der Waals surface area contributed by atoms with Crippen LogP contribution < -0.4 is 15.4 Å². The summed E-state index contributed by atoms with van der Waals surface area (Å²) in [5.74, 6) is -3.01. The molecule has 0 heterocycles. The molecule has 13 heteroatoms. The predicted molar refractivity (Wildman–Crippen MR) is 130 cm³/mol. The second kappa shape index (κ2) is 11.2. The molecule has 4 nitrogen and oxygen atoms in total. The third-order valence-corrected chi connectivity index (χ3v) is 6.95. The molecular weight excluding hydrogens is 567 g/mol. The number of amides is 2. The van der Waals surface area contributed by atoms with Crippen LogP contribution in [0.4, 0.5) is 44.3 Å². The lowest BCUT2D eigenvalue weighted by Gasteiger charge is -2.45. The topological polar surface area (TPSA) is 50.4 Å². The Labute approximate surface area is 228 Å². The van der Waals surface area contributed by atoms with Crippen molar-refractivity contribution in [1.82, 2.24) is 10.6 Å². The number of urea groups is 1. The Kier molecular flexibility index (Phi) is 8.19. The van der Waals surface area contributed by atoms with Gasteiger partial charge in [0.1, 0.15) is 22.9 Å². The van der Waals surface area contributed by atoms with E-state index in [0.29, 0.717) is 11.6 Å². The summed E-state index contributed by atoms with van der Waals surface area (Å²) in [5, 5.41) is 4.39. The fraction of sp³-hybridized carbons (Fsp3) is 0.321. The fourth-order valence-electron chi connectivity index (χ4n) is 4.72. The number of carbonyl (C=O) groups excluding carboxylic acids is 1. The Balaban J connectivity index is 1.88. The Morgan fingerprint density at radius 2 is 1.49 bits per heavy atom. The van der Waals surface area contributed by atoms with Gasteiger partial charge in [0.2, 0.25) is 0 Å². The van der Waals surface area contributed by atoms with Gasteiger partial charge in [-0.15, -0.1) is 0 Å². The number of benzene rings is 3. The van der Waals surface area contributed by atoms with Crippen LogP contribution in [0.1, 0.15) is 36.0 Å². The number of nitrogens with one attached hydrogen (secondary N) is 2. The predicted octanol–water partition coefficient (Wildman–Crippen LogP) is 7.47. The molecule has 0 bridgehead atoms. The first-order valence-corrected chi connectivity index (χ1v) is 12.3. The summed E-state index contributed by atoms with van der Waals surface area (Å²) < 4.78 is 127. The molecule has 1 unspecified atom stereocenters. The van der Waals surface area contributed by atoms with E-state index in [4.69, 9.17) is 0 Å². The van der Waals surface area contributed by atoms with Crippen LogP contribution in [0.15, 0.2) is 72.8 Å². The minimum absolute atomic E-state index is 0.0183. The largest absolute Gasteiger partial charge is 0.461 e. The van der Waals surface area contributed by atoms with Gasteiger partial charge in [-0.25, -0.2) is 13.6 Å². The van der Waals surface area contributed by atoms with Gasteiger partial charge in [-0.1, -0.05) is 42.5 Å². The Morgan fingerprint density at radius 1 is 0.854 bits per heavy atom. The van der Waals surface area contributed by atoms with E-state index in [2.05, 4.69) is 10.1 Å². The van der Waals surface area contributed by atoms with Gasteiger partial charge in [0.05, 0.1) is 5.54 Å². The molecule has 4 rings (SSSR count). The highest BCUT2D eigenvalue weighted by Gasteiger charge is 2.59. The Morgan fingerprint density at radius 3 is 2.02 bits per heavy atom. The molecule has 41 heavy (non-hydrogen) atoms. The van der Waals surface area contributed by atoms with Crippen molar-refractivity contribution in [3.8, 4) is 5.75 Å². The monoisotopic (exact) mass is 590 g/mol. The van der Waals surface area contributed by atoms with Gasteiger partial charge in [-0.05, 0) is 60.2 Å². The summed E-state index contributed by atoms with van der Waals surface area (Å²) in [6.45, 7) is 0. The van der Waals surface area contributed by atoms with Crippen molar-refractivity contribution in [2.75, 3.05) is 0 Å². The van der Waals surface area contributed by atoms with E-state index >= 15 is 0 Å². The zero-order valence-electron chi connectivity index (χ0n) is 21.1. The van der Waals surface area contributed by atoms with Crippen LogP contribution in [0, 0.1) is 11.6 Å². The van der Waals surface area contributed by atoms with Crippen LogP contribution >= 0.6 is 0 Å². The standard InChI is InChI=1S/C28H23F9N2O2/c29-20-9-7-18(8-10-20)26(16-17-5-2-1-3-6-17,39-24(40)38-25(11-4-12-25)28(35,36)37)19-13-21(30)15-22(14-19)41-27(33,34)23(31)32/h1-3,5-10,13-15,23H,4,11-12,16H2,(H2,38,39,40). The van der Waals surface area contributed by atoms with Gasteiger partial charge < -0.3 is 15.4 Å². The van der Waals surface area contributed by atoms with Crippen molar-refractivity contribution < 1.29 is 49.0 Å². The normalized spacial score (nSPS) is 16.4. The summed E-state index contributed by atoms with van der Waals surface area (Å²) in [5.41, 5.74) is -4.46. The van der Waals surface area contributed by atoms with E-state index in [1.54, 1.807) is 30.3 Å². The second-order valence-electron chi connectivity index (χ2n) is 9.73. The van der Waals surface area contributed by atoms with Crippen LogP contribution in [-0.2, 0) is 12.0 Å². The lowest BCUT2D eigenvalue weighted by molar-refractivity contribution is -0.253. The summed E-state index contributed by atoms with van der Waals surface area (Å²) in [6, 6.07) is 12.9. The molecule has 0 aromatic heterocycles. The lowest BCUT2D eigenvalue weighted by Crippen LogP contribution is -2.66. The lowest BCUT2D eigenvalue weighted by atomic mass is 9.75. The van der Waals surface area contributed by atoms with E-state index in [1.807, 2.05) is 5.32 Å². The smallest absolute Gasteiger partial charge is 0.428 e. The third kappa shape index (κ3) is 6.38. The molecule has 1 aliphatic rings. The highest BCUT2D eigenvalue weighted by atomic mass is 19.4. The van der Waals surface area contributed by atoms with Gasteiger partial charge in [0, 0.05) is 12.5 Å². The van der Waals surface area contributed by atoms with Gasteiger partial charge >= 0.3 is 24.7 Å². The van der Waals surface area contributed by atoms with Crippen molar-refractivity contribution in [1.29, 1.82) is 0 Å². The van der Waals surface area contributed by atoms with E-state index < -0.39 is 66.0 Å². The number of halogens is 9. The third-order valence-electron chi connectivity index (χ3n) is 6.95. The van der Waals surface area contributed by atoms with E-state index in [9.17, 15) is 44.3 Å². The molecular formula is C28H23F9N2O2. The first-order chi connectivity index (χ1) is 19.2. The van der Waals surface area contributed by atoms with Crippen LogP contribution in [0.2, 0.25) is 0 Å². The number of carbonyl (C=O) groups is 1. The number of alkyl halides is 7. The Hall–Kier alpha value is -3.90. The van der Waals surface area contributed by atoms with E-state index in [1.165, 1.54) is 12.1 Å². The maximum absolute atomic E-state index is 14.8. The number of hydrogen-bond acceptors (Lipinski definition) is 2. The van der Waals surface area contributed by atoms with E-state index in [-0.39, 0.29) is 24.0 Å². The molecule has 1 saturated carbocycles. The zero-order chi connectivity index (χ0) is 30.1. The van der Waals surface area contributed by atoms with Gasteiger partial charge in [0.25, 0.3) is 0 Å². The summed E-state index contributed by atoms with van der Waals surface area (Å²) in [7, 11) is 0. The molecule has 1 fully saturated rings. The summed E-state index contributed by atoms with van der Waals surface area (Å²) >= 11 is 0. The molecule has 3 aromatic rings. The highest BCUT2D eigenvalue weighted by molar-refractivity contribution is 5.77. The van der Waals surface area contributed by atoms with Crippen molar-refractivity contribution in [3.63, 3.8) is 0 Å². The number of hydrogen-bond donors (Lipinski definition) is 2. The molecule has 0 spiro atoms. The summed E-state index contributed by atoms with van der Waals surface area (Å²) in [6.07, 6.45) is -15.0. The van der Waals surface area contributed by atoms with Gasteiger partial charge in [0.15, 0.2) is 0 Å². The Bertz CT molecular complexity index is 1360. The quantitative estimate of drug-likeness (QED) is 0.254. The molecule has 2 amide bonds. The number of ether oxygens (including phenoxy) is 1. The van der Waals surface area contributed by atoms with Crippen molar-refractivity contribution >= 4 is 6.03 Å². The first kappa shape index (κ1) is 30.1. The van der Waals surface area contributed by atoms with Crippen molar-refractivity contribution in [2.45, 2.75) is 55.5 Å². The van der Waals surface area contributed by atoms with Crippen molar-refractivity contribution in [2.24, 2.45) is 0 Å². The molecule has 0 aliphatic heterocycles. The number of rotatable bonds is 9. The minimum atomic E-state index is -5.02. The molecule has 3 aromatic carbocycles. The van der Waals surface area contributed by atoms with Crippen LogP contribution in [-0.4, -0.2) is 30.3 Å². The van der Waals surface area contributed by atoms with Crippen LogP contribution in [0.5, 0.6) is 5.75 Å². The van der Waals surface area contributed by atoms with Crippen LogP contribution in [0.3, 0.4) is 0 Å². The summed E-state index contributed by atoms with van der Waals surface area (Å²) in [4.78, 5) is 13.3. The van der Waals surface area contributed by atoms with Gasteiger partial charge in [-0.3, -0.25) is 0 Å². The zero-order valence-corrected chi connectivity index (χ0v) is 21.1. The first-order valence-electron chi connectivity index (χ1n) is 12.3. The minimum Gasteiger partial charge on any atom is -0.428 e. The molecule has 220 valence electrons. The SMILES string of the molecule is O=C(NC(Cc1ccccc1)(c1ccc(F)cc1)c1cc(F)cc(OC(F)(F)C(F)F)c1)NC1(C(F)(F)F)CCC1. The maximum Gasteiger partial charge on any atom is 0.461 e. The van der Waals surface area contributed by atoms with Gasteiger partial charge in [-0.2, -0.15) is 30.7 Å². The average Bonchev–Trinajstić information content (AvgIpc) is 2.85. The molecule has 2 N–H and O–H groups in total. The highest BCUT2D eigenvalue weighted by Crippen LogP contribution is 2.45.